The summed E-state index contributed by atoms with van der Waals surface area (Å²) in [5, 5.41) is 4.79. The number of rotatable bonds is 5. The Bertz CT molecular complexity index is 492. The van der Waals surface area contributed by atoms with Crippen molar-refractivity contribution in [2.24, 2.45) is 0 Å². The number of thiophene rings is 1. The van der Waals surface area contributed by atoms with Crippen LogP contribution in [0.15, 0.2) is 17.5 Å². The summed E-state index contributed by atoms with van der Waals surface area (Å²) in [6.45, 7) is 13.1. The predicted octanol–water partition coefficient (Wildman–Crippen LogP) is 3.75. The summed E-state index contributed by atoms with van der Waals surface area (Å²) >= 11 is 0.321. The monoisotopic (exact) mass is 360 g/mol. The molecule has 0 aliphatic rings. The first kappa shape index (κ1) is 20.3. The minimum atomic E-state index is -1.24. The molecule has 2 N–H and O–H groups in total. The van der Waals surface area contributed by atoms with Crippen LogP contribution in [0.25, 0.3) is 0 Å². The van der Waals surface area contributed by atoms with Crippen LogP contribution >= 0.6 is 11.3 Å². The summed E-state index contributed by atoms with van der Waals surface area (Å²) < 4.78 is 20.5. The normalized spacial score (nSPS) is 16.5. The number of amides is 1. The topological polar surface area (TPSA) is 73.4 Å². The molecule has 1 aromatic rings. The van der Waals surface area contributed by atoms with Gasteiger partial charge in [0.15, 0.2) is 0 Å². The Morgan fingerprint density at radius 2 is 1.91 bits per heavy atom. The molecule has 0 spiro atoms. The molecule has 23 heavy (non-hydrogen) atoms. The van der Waals surface area contributed by atoms with Gasteiger partial charge in [0, 0.05) is 16.2 Å². The van der Waals surface area contributed by atoms with Crippen LogP contribution in [0.2, 0.25) is 0 Å². The molecule has 0 bridgehead atoms. The summed E-state index contributed by atoms with van der Waals surface area (Å²) in [4.78, 5) is 13.0. The van der Waals surface area contributed by atoms with Crippen molar-refractivity contribution < 1.29 is 14.1 Å². The fourth-order valence-electron chi connectivity index (χ4n) is 1.74. The average Bonchev–Trinajstić information content (AvgIpc) is 2.84. The van der Waals surface area contributed by atoms with E-state index in [4.69, 9.17) is 4.74 Å². The van der Waals surface area contributed by atoms with Crippen molar-refractivity contribution in [1.82, 2.24) is 10.0 Å². The molecule has 0 radical (unpaired) electrons. The largest absolute Gasteiger partial charge is 0.598 e. The molecular weight excluding hydrogens is 332 g/mol. The van der Waals surface area contributed by atoms with Gasteiger partial charge in [0.05, 0.1) is 6.04 Å². The van der Waals surface area contributed by atoms with Crippen molar-refractivity contribution in [2.45, 2.75) is 70.9 Å². The minimum Gasteiger partial charge on any atom is -0.598 e. The van der Waals surface area contributed by atoms with Crippen molar-refractivity contribution in [3.05, 3.63) is 22.4 Å². The molecule has 1 amide bonds. The fourth-order valence-corrected chi connectivity index (χ4v) is 3.61. The first-order valence-corrected chi connectivity index (χ1v) is 9.64. The van der Waals surface area contributed by atoms with Gasteiger partial charge in [-0.25, -0.2) is 4.79 Å². The van der Waals surface area contributed by atoms with Gasteiger partial charge < -0.3 is 14.6 Å². The number of nitrogens with one attached hydrogen (secondary N) is 2. The van der Waals surface area contributed by atoms with E-state index in [0.717, 1.165) is 4.88 Å². The van der Waals surface area contributed by atoms with Crippen molar-refractivity contribution >= 4 is 28.8 Å². The second kappa shape index (κ2) is 7.88. The van der Waals surface area contributed by atoms with E-state index in [-0.39, 0.29) is 16.8 Å². The van der Waals surface area contributed by atoms with Crippen LogP contribution in [0.4, 0.5) is 4.79 Å². The molecule has 0 saturated heterocycles. The van der Waals surface area contributed by atoms with E-state index in [1.54, 1.807) is 11.3 Å². The molecule has 1 rings (SSSR count). The molecule has 0 aliphatic carbocycles. The van der Waals surface area contributed by atoms with Crippen LogP contribution in [-0.2, 0) is 16.1 Å². The Kier molecular flexibility index (Phi) is 6.95. The van der Waals surface area contributed by atoms with Gasteiger partial charge >= 0.3 is 6.09 Å². The first-order chi connectivity index (χ1) is 10.4. The number of ether oxygens (including phenoxy) is 1. The van der Waals surface area contributed by atoms with Crippen LogP contribution in [0.3, 0.4) is 0 Å². The van der Waals surface area contributed by atoms with Crippen LogP contribution in [-0.4, -0.2) is 27.0 Å². The minimum absolute atomic E-state index is 0.248. The quantitative estimate of drug-likeness (QED) is 0.784. The zero-order chi connectivity index (χ0) is 17.8. The van der Waals surface area contributed by atoms with Crippen LogP contribution in [0, 0.1) is 0 Å². The van der Waals surface area contributed by atoms with E-state index < -0.39 is 23.1 Å². The van der Waals surface area contributed by atoms with Crippen molar-refractivity contribution in [3.8, 4) is 0 Å². The summed E-state index contributed by atoms with van der Waals surface area (Å²) in [5.74, 6) is 0. The van der Waals surface area contributed by atoms with Gasteiger partial charge in [-0.3, -0.25) is 0 Å². The molecule has 7 heteroatoms. The highest BCUT2D eigenvalue weighted by Gasteiger charge is 2.33. The van der Waals surface area contributed by atoms with E-state index in [0.29, 0.717) is 0 Å². The maximum atomic E-state index is 12.4. The van der Waals surface area contributed by atoms with E-state index in [1.807, 2.05) is 66.0 Å². The van der Waals surface area contributed by atoms with Gasteiger partial charge in [0.1, 0.15) is 16.4 Å². The lowest BCUT2D eigenvalue weighted by molar-refractivity contribution is 0.0500. The summed E-state index contributed by atoms with van der Waals surface area (Å²) in [6, 6.07) is 3.39. The molecule has 132 valence electrons. The van der Waals surface area contributed by atoms with Gasteiger partial charge in [-0.15, -0.1) is 16.1 Å². The standard InChI is InChI=1S/C16H28N2O3S2/c1-11(17-14(19)21-15(2,3)4)13(12-9-8-10-22-12)18-23(20)16(5,6)7/h8-11,13,18H,1-7H3,(H,17,19)/t11-,13-,23?/m0/s1. The smallest absolute Gasteiger partial charge is 0.407 e. The number of carbonyl (C=O) groups is 1. The van der Waals surface area contributed by atoms with Gasteiger partial charge in [-0.1, -0.05) is 6.07 Å². The Hall–Kier alpha value is -0.760. The highest BCUT2D eigenvalue weighted by Crippen LogP contribution is 2.26. The molecule has 5 nitrogen and oxygen atoms in total. The third kappa shape index (κ3) is 7.12. The molecule has 0 aliphatic heterocycles. The zero-order valence-electron chi connectivity index (χ0n) is 14.9. The van der Waals surface area contributed by atoms with Gasteiger partial charge in [-0.2, -0.15) is 0 Å². The molecule has 0 saturated carbocycles. The second-order valence-corrected chi connectivity index (χ2v) is 10.4. The van der Waals surface area contributed by atoms with E-state index in [1.165, 1.54) is 0 Å². The first-order valence-electron chi connectivity index (χ1n) is 7.61. The lowest BCUT2D eigenvalue weighted by Gasteiger charge is -2.31. The Morgan fingerprint density at radius 1 is 1.30 bits per heavy atom. The maximum Gasteiger partial charge on any atom is 0.407 e. The van der Waals surface area contributed by atoms with E-state index in [9.17, 15) is 9.35 Å². The van der Waals surface area contributed by atoms with Gasteiger partial charge in [0.25, 0.3) is 0 Å². The average molecular weight is 361 g/mol. The predicted molar refractivity (Wildman–Crippen MR) is 96.9 cm³/mol. The SMILES string of the molecule is C[C@H](NC(=O)OC(C)(C)C)[C@H](N[S+]([O-])C(C)(C)C)c1cccs1. The molecule has 1 aromatic heterocycles. The molecule has 0 aromatic carbocycles. The van der Waals surface area contributed by atoms with Crippen molar-refractivity contribution in [3.63, 3.8) is 0 Å². The lowest BCUT2D eigenvalue weighted by atomic mass is 10.1. The number of carbonyl (C=O) groups excluding carboxylic acids is 1. The molecule has 1 unspecified atom stereocenters. The second-order valence-electron chi connectivity index (χ2n) is 7.43. The molecule has 3 atom stereocenters. The van der Waals surface area contributed by atoms with E-state index in [2.05, 4.69) is 10.0 Å². The fraction of sp³-hybridized carbons (Fsp3) is 0.688. The Balaban J connectivity index is 2.82. The van der Waals surface area contributed by atoms with E-state index >= 15 is 0 Å². The van der Waals surface area contributed by atoms with Gasteiger partial charge in [-0.05, 0) is 59.9 Å². The summed E-state index contributed by atoms with van der Waals surface area (Å²) in [6.07, 6.45) is -0.477. The summed E-state index contributed by atoms with van der Waals surface area (Å²) in [7, 11) is 0. The summed E-state index contributed by atoms with van der Waals surface area (Å²) in [5.41, 5.74) is -0.552. The third-order valence-electron chi connectivity index (χ3n) is 2.88. The highest BCUT2D eigenvalue weighted by atomic mass is 32.2. The number of hydrogen-bond acceptors (Lipinski definition) is 5. The Labute approximate surface area is 146 Å². The van der Waals surface area contributed by atoms with Crippen molar-refractivity contribution in [2.75, 3.05) is 0 Å². The highest BCUT2D eigenvalue weighted by molar-refractivity contribution is 7.90. The lowest BCUT2D eigenvalue weighted by Crippen LogP contribution is -2.49. The molecule has 1 heterocycles. The third-order valence-corrected chi connectivity index (χ3v) is 5.42. The molecular formula is C16H28N2O3S2. The number of alkyl carbamates (subject to hydrolysis) is 1. The maximum absolute atomic E-state index is 12.4. The van der Waals surface area contributed by atoms with Crippen LogP contribution < -0.4 is 10.0 Å². The zero-order valence-corrected chi connectivity index (χ0v) is 16.6. The van der Waals surface area contributed by atoms with Crippen molar-refractivity contribution in [1.29, 1.82) is 0 Å². The van der Waals surface area contributed by atoms with Gasteiger partial charge in [0.2, 0.25) is 0 Å². The molecule has 0 fully saturated rings. The van der Waals surface area contributed by atoms with Crippen LogP contribution in [0.1, 0.15) is 59.4 Å². The Morgan fingerprint density at radius 3 is 2.35 bits per heavy atom. The number of hydrogen-bond donors (Lipinski definition) is 2. The van der Waals surface area contributed by atoms with Crippen LogP contribution in [0.5, 0.6) is 0 Å².